The molecular formula is C18H15F3O3. The summed E-state index contributed by atoms with van der Waals surface area (Å²) < 4.78 is 43.8. The summed E-state index contributed by atoms with van der Waals surface area (Å²) in [4.78, 5) is 24.1. The number of halogens is 3. The van der Waals surface area contributed by atoms with Crippen molar-refractivity contribution >= 4 is 11.6 Å². The van der Waals surface area contributed by atoms with Gasteiger partial charge in [0.15, 0.2) is 5.78 Å². The Kier molecular flexibility index (Phi) is 4.78. The first-order chi connectivity index (χ1) is 11.1. The summed E-state index contributed by atoms with van der Waals surface area (Å²) in [5.41, 5.74) is -2.32. The smallest absolute Gasteiger partial charge is 0.451 e. The number of ketones is 2. The highest BCUT2D eigenvalue weighted by atomic mass is 19.4. The number of carbonyl (C=O) groups excluding carboxylic acids is 2. The fourth-order valence-corrected chi connectivity index (χ4v) is 2.15. The third-order valence-electron chi connectivity index (χ3n) is 3.50. The first kappa shape index (κ1) is 17.7. The van der Waals surface area contributed by atoms with Crippen LogP contribution in [0.2, 0.25) is 0 Å². The Morgan fingerprint density at radius 3 is 2.00 bits per heavy atom. The van der Waals surface area contributed by atoms with Crippen LogP contribution in [-0.4, -0.2) is 17.7 Å². The van der Waals surface area contributed by atoms with Crippen molar-refractivity contribution in [2.45, 2.75) is 20.0 Å². The summed E-state index contributed by atoms with van der Waals surface area (Å²) >= 11 is 0. The van der Waals surface area contributed by atoms with Gasteiger partial charge >= 0.3 is 6.18 Å². The normalized spacial score (nSPS) is 11.9. The van der Waals surface area contributed by atoms with Crippen LogP contribution in [0.1, 0.15) is 24.2 Å². The number of hydrogen-bond donors (Lipinski definition) is 0. The molecule has 0 spiro atoms. The lowest BCUT2D eigenvalue weighted by atomic mass is 9.79. The predicted octanol–water partition coefficient (Wildman–Crippen LogP) is 4.82. The molecule has 2 aromatic carbocycles. The summed E-state index contributed by atoms with van der Waals surface area (Å²) in [5, 5.41) is 0. The fraction of sp³-hybridized carbons (Fsp3) is 0.222. The van der Waals surface area contributed by atoms with E-state index in [1.807, 2.05) is 0 Å². The van der Waals surface area contributed by atoms with E-state index < -0.39 is 23.2 Å². The van der Waals surface area contributed by atoms with Crippen molar-refractivity contribution in [3.63, 3.8) is 0 Å². The molecule has 0 aliphatic rings. The largest absolute Gasteiger partial charge is 0.457 e. The van der Waals surface area contributed by atoms with Gasteiger partial charge in [-0.25, -0.2) is 0 Å². The second-order valence-electron chi connectivity index (χ2n) is 5.69. The highest BCUT2D eigenvalue weighted by Crippen LogP contribution is 2.35. The van der Waals surface area contributed by atoms with Crippen LogP contribution in [0.15, 0.2) is 54.6 Å². The molecule has 2 rings (SSSR count). The second-order valence-corrected chi connectivity index (χ2v) is 5.69. The zero-order valence-corrected chi connectivity index (χ0v) is 13.1. The number of rotatable bonds is 5. The van der Waals surface area contributed by atoms with Gasteiger partial charge in [-0.05, 0) is 38.1 Å². The molecule has 0 heterocycles. The number of carbonyl (C=O) groups is 2. The molecule has 0 saturated carbocycles. The Bertz CT molecular complexity index is 750. The number of hydrogen-bond acceptors (Lipinski definition) is 3. The van der Waals surface area contributed by atoms with E-state index in [-0.39, 0.29) is 11.3 Å². The molecule has 0 aliphatic heterocycles. The van der Waals surface area contributed by atoms with Gasteiger partial charge in [0.05, 0.1) is 11.0 Å². The zero-order chi connectivity index (χ0) is 18.0. The van der Waals surface area contributed by atoms with Crippen LogP contribution in [-0.2, 0) is 4.79 Å². The molecule has 2 aromatic rings. The number of benzene rings is 2. The molecule has 0 aliphatic carbocycles. The molecule has 0 amide bonds. The number of alkyl halides is 3. The maximum Gasteiger partial charge on any atom is 0.451 e. The van der Waals surface area contributed by atoms with Gasteiger partial charge in [-0.2, -0.15) is 13.2 Å². The van der Waals surface area contributed by atoms with E-state index in [1.165, 1.54) is 18.2 Å². The molecule has 0 bridgehead atoms. The Morgan fingerprint density at radius 1 is 0.875 bits per heavy atom. The number of Topliss-reactive ketones (excluding diaryl/α,β-unsaturated/α-hetero) is 2. The quantitative estimate of drug-likeness (QED) is 0.581. The Balaban J connectivity index is 2.39. The standard InChI is InChI=1S/C18H15F3O3/c1-17(2,16(23)18(19,20)21)15(22)13-10-6-7-11-14(13)24-12-8-4-3-5-9-12/h3-11H,1-2H3. The molecule has 3 nitrogen and oxygen atoms in total. The van der Waals surface area contributed by atoms with Gasteiger partial charge in [0.2, 0.25) is 5.78 Å². The molecule has 126 valence electrons. The minimum Gasteiger partial charge on any atom is -0.457 e. The summed E-state index contributed by atoms with van der Waals surface area (Å²) in [7, 11) is 0. The lowest BCUT2D eigenvalue weighted by Gasteiger charge is -2.23. The van der Waals surface area contributed by atoms with Gasteiger partial charge in [-0.3, -0.25) is 9.59 Å². The second kappa shape index (κ2) is 6.47. The van der Waals surface area contributed by atoms with Crippen molar-refractivity contribution in [3.05, 3.63) is 60.2 Å². The topological polar surface area (TPSA) is 43.4 Å². The average molecular weight is 336 g/mol. The lowest BCUT2D eigenvalue weighted by Crippen LogP contribution is -2.42. The number of para-hydroxylation sites is 2. The predicted molar refractivity (Wildman–Crippen MR) is 82.1 cm³/mol. The van der Waals surface area contributed by atoms with Gasteiger partial charge in [0, 0.05) is 0 Å². The summed E-state index contributed by atoms with van der Waals surface area (Å²) in [6, 6.07) is 14.4. The van der Waals surface area contributed by atoms with E-state index in [9.17, 15) is 22.8 Å². The molecule has 0 radical (unpaired) electrons. The summed E-state index contributed by atoms with van der Waals surface area (Å²) in [6.07, 6.45) is -5.09. The number of ether oxygens (including phenoxy) is 1. The molecule has 0 saturated heterocycles. The maximum atomic E-state index is 12.7. The van der Waals surface area contributed by atoms with Crippen LogP contribution in [0.5, 0.6) is 11.5 Å². The molecule has 0 aromatic heterocycles. The summed E-state index contributed by atoms with van der Waals surface area (Å²) in [5.74, 6) is -2.51. The van der Waals surface area contributed by atoms with Gasteiger partial charge < -0.3 is 4.74 Å². The summed E-state index contributed by atoms with van der Waals surface area (Å²) in [6.45, 7) is 1.93. The van der Waals surface area contributed by atoms with Crippen molar-refractivity contribution in [1.29, 1.82) is 0 Å². The molecule has 0 fully saturated rings. The average Bonchev–Trinajstić information content (AvgIpc) is 2.54. The van der Waals surface area contributed by atoms with Crippen LogP contribution >= 0.6 is 0 Å². The monoisotopic (exact) mass is 336 g/mol. The third-order valence-corrected chi connectivity index (χ3v) is 3.50. The molecule has 6 heteroatoms. The van der Waals surface area contributed by atoms with Crippen molar-refractivity contribution in [2.24, 2.45) is 5.41 Å². The Hall–Kier alpha value is -2.63. The Labute approximate surface area is 137 Å². The van der Waals surface area contributed by atoms with Crippen LogP contribution in [0, 0.1) is 5.41 Å². The minimum atomic E-state index is -5.09. The van der Waals surface area contributed by atoms with Crippen molar-refractivity contribution in [2.75, 3.05) is 0 Å². The highest BCUT2D eigenvalue weighted by Gasteiger charge is 2.52. The van der Waals surface area contributed by atoms with Crippen molar-refractivity contribution < 1.29 is 27.5 Å². The van der Waals surface area contributed by atoms with Gasteiger partial charge in [-0.1, -0.05) is 30.3 Å². The molecule has 0 atom stereocenters. The Morgan fingerprint density at radius 2 is 1.42 bits per heavy atom. The SMILES string of the molecule is CC(C)(C(=O)c1ccccc1Oc1ccccc1)C(=O)C(F)(F)F. The van der Waals surface area contributed by atoms with Crippen molar-refractivity contribution in [1.82, 2.24) is 0 Å². The van der Waals surface area contributed by atoms with Crippen LogP contribution in [0.25, 0.3) is 0 Å². The lowest BCUT2D eigenvalue weighted by molar-refractivity contribution is -0.177. The molecule has 24 heavy (non-hydrogen) atoms. The van der Waals surface area contributed by atoms with E-state index in [1.54, 1.807) is 36.4 Å². The fourth-order valence-electron chi connectivity index (χ4n) is 2.15. The van der Waals surface area contributed by atoms with Crippen LogP contribution in [0.4, 0.5) is 13.2 Å². The van der Waals surface area contributed by atoms with Crippen molar-refractivity contribution in [3.8, 4) is 11.5 Å². The van der Waals surface area contributed by atoms with Crippen LogP contribution in [0.3, 0.4) is 0 Å². The highest BCUT2D eigenvalue weighted by molar-refractivity contribution is 6.16. The van der Waals surface area contributed by atoms with E-state index >= 15 is 0 Å². The molecule has 0 N–H and O–H groups in total. The van der Waals surface area contributed by atoms with Gasteiger partial charge in [0.1, 0.15) is 11.5 Å². The third kappa shape index (κ3) is 3.64. The van der Waals surface area contributed by atoms with E-state index in [0.29, 0.717) is 5.75 Å². The molecular weight excluding hydrogens is 321 g/mol. The van der Waals surface area contributed by atoms with Gasteiger partial charge in [-0.15, -0.1) is 0 Å². The van der Waals surface area contributed by atoms with E-state index in [2.05, 4.69) is 0 Å². The minimum absolute atomic E-state index is 0.0797. The zero-order valence-electron chi connectivity index (χ0n) is 13.1. The van der Waals surface area contributed by atoms with Gasteiger partial charge in [0.25, 0.3) is 0 Å². The first-order valence-electron chi connectivity index (χ1n) is 7.12. The molecule has 0 unspecified atom stereocenters. The first-order valence-corrected chi connectivity index (χ1v) is 7.12. The van der Waals surface area contributed by atoms with E-state index in [0.717, 1.165) is 13.8 Å². The van der Waals surface area contributed by atoms with E-state index in [4.69, 9.17) is 4.74 Å². The maximum absolute atomic E-state index is 12.7. The van der Waals surface area contributed by atoms with Crippen LogP contribution < -0.4 is 4.74 Å².